The zero-order valence-electron chi connectivity index (χ0n) is 13.2. The molecule has 2 heterocycles. The van der Waals surface area contributed by atoms with Crippen LogP contribution in [0.4, 0.5) is 0 Å². The molecule has 0 aromatic rings. The molecule has 23 heavy (non-hydrogen) atoms. The zero-order chi connectivity index (χ0) is 16.4. The summed E-state index contributed by atoms with van der Waals surface area (Å²) in [5.74, 6) is -0.0620. The van der Waals surface area contributed by atoms with Crippen LogP contribution >= 0.6 is 0 Å². The Morgan fingerprint density at radius 2 is 2.13 bits per heavy atom. The molecule has 0 aromatic heterocycles. The van der Waals surface area contributed by atoms with Crippen LogP contribution in [0, 0.1) is 17.8 Å². The molecule has 2 aliphatic heterocycles. The molecule has 1 unspecified atom stereocenters. The van der Waals surface area contributed by atoms with Gasteiger partial charge in [-0.1, -0.05) is 6.42 Å². The van der Waals surface area contributed by atoms with Crippen LogP contribution in [-0.2, 0) is 14.4 Å². The summed E-state index contributed by atoms with van der Waals surface area (Å²) >= 11 is 0. The average molecular weight is 323 g/mol. The first-order chi connectivity index (χ1) is 11.1. The summed E-state index contributed by atoms with van der Waals surface area (Å²) in [6.07, 6.45) is 4.28. The maximum atomic E-state index is 12.6. The van der Waals surface area contributed by atoms with E-state index in [-0.39, 0.29) is 30.2 Å². The van der Waals surface area contributed by atoms with Crippen molar-refractivity contribution in [2.45, 2.75) is 44.2 Å². The summed E-state index contributed by atoms with van der Waals surface area (Å²) < 4.78 is 0. The molecule has 1 aliphatic carbocycles. The van der Waals surface area contributed by atoms with Gasteiger partial charge >= 0.3 is 0 Å². The molecule has 0 spiro atoms. The molecule has 5 atom stereocenters. The third-order valence-corrected chi connectivity index (χ3v) is 5.57. The second-order valence-electron chi connectivity index (χ2n) is 6.94. The van der Waals surface area contributed by atoms with E-state index in [0.717, 1.165) is 25.8 Å². The van der Waals surface area contributed by atoms with Crippen LogP contribution in [0.15, 0.2) is 0 Å². The Balaban J connectivity index is 1.62. The van der Waals surface area contributed by atoms with Gasteiger partial charge in [0.15, 0.2) is 5.78 Å². The standard InChI is InChI=1S/C16H25N3O4/c20-8-13(21)12(6-9-4-5-17-15(9)22)19-16(23)14-11-3-1-2-10(11)7-18-14/h9-12,14,18,20H,1-8H2,(H,17,22)(H,19,23)/t9-,10-,11-,12?,14-/m0/s1. The highest BCUT2D eigenvalue weighted by molar-refractivity contribution is 5.92. The van der Waals surface area contributed by atoms with E-state index in [1.54, 1.807) is 0 Å². The molecular formula is C16H25N3O4. The highest BCUT2D eigenvalue weighted by Crippen LogP contribution is 2.37. The number of nitrogens with one attached hydrogen (secondary N) is 3. The number of aliphatic hydroxyl groups is 1. The molecule has 3 fully saturated rings. The molecule has 0 aromatic carbocycles. The molecule has 1 saturated carbocycles. The number of hydrogen-bond acceptors (Lipinski definition) is 5. The van der Waals surface area contributed by atoms with E-state index in [4.69, 9.17) is 5.11 Å². The van der Waals surface area contributed by atoms with E-state index < -0.39 is 18.4 Å². The molecule has 7 nitrogen and oxygen atoms in total. The van der Waals surface area contributed by atoms with Gasteiger partial charge in [0.25, 0.3) is 0 Å². The topological polar surface area (TPSA) is 108 Å². The summed E-state index contributed by atoms with van der Waals surface area (Å²) in [7, 11) is 0. The van der Waals surface area contributed by atoms with Gasteiger partial charge in [0.1, 0.15) is 6.61 Å². The van der Waals surface area contributed by atoms with Gasteiger partial charge in [-0.05, 0) is 44.1 Å². The summed E-state index contributed by atoms with van der Waals surface area (Å²) in [5, 5.41) is 17.9. The molecule has 2 amide bonds. The molecule has 128 valence electrons. The molecule has 2 saturated heterocycles. The molecule has 4 N–H and O–H groups in total. The van der Waals surface area contributed by atoms with Gasteiger partial charge in [-0.25, -0.2) is 0 Å². The predicted octanol–water partition coefficient (Wildman–Crippen LogP) is -1.05. The first-order valence-corrected chi connectivity index (χ1v) is 8.55. The summed E-state index contributed by atoms with van der Waals surface area (Å²) in [6.45, 7) is 0.835. The van der Waals surface area contributed by atoms with Crippen molar-refractivity contribution in [3.8, 4) is 0 Å². The fourth-order valence-corrected chi connectivity index (χ4v) is 4.27. The number of Topliss-reactive ketones (excluding diaryl/α,β-unsaturated/α-hetero) is 1. The lowest BCUT2D eigenvalue weighted by Gasteiger charge is -2.23. The number of rotatable bonds is 6. The van der Waals surface area contributed by atoms with Crippen LogP contribution in [0.5, 0.6) is 0 Å². The minimum absolute atomic E-state index is 0.0789. The summed E-state index contributed by atoms with van der Waals surface area (Å²) in [4.78, 5) is 36.2. The minimum atomic E-state index is -0.788. The fourth-order valence-electron chi connectivity index (χ4n) is 4.27. The van der Waals surface area contributed by atoms with Gasteiger partial charge in [0.2, 0.25) is 11.8 Å². The Morgan fingerprint density at radius 1 is 1.30 bits per heavy atom. The lowest BCUT2D eigenvalue weighted by atomic mass is 9.92. The first kappa shape index (κ1) is 16.4. The number of ketones is 1. The normalized spacial score (nSPS) is 34.0. The minimum Gasteiger partial charge on any atom is -0.389 e. The highest BCUT2D eigenvalue weighted by Gasteiger charge is 2.43. The Labute approximate surface area is 135 Å². The quantitative estimate of drug-likeness (QED) is 0.499. The zero-order valence-corrected chi connectivity index (χ0v) is 13.2. The van der Waals surface area contributed by atoms with E-state index in [1.807, 2.05) is 0 Å². The van der Waals surface area contributed by atoms with Gasteiger partial charge < -0.3 is 21.1 Å². The second-order valence-corrected chi connectivity index (χ2v) is 6.94. The molecular weight excluding hydrogens is 298 g/mol. The van der Waals surface area contributed by atoms with Crippen LogP contribution in [0.25, 0.3) is 0 Å². The highest BCUT2D eigenvalue weighted by atomic mass is 16.3. The molecule has 7 heteroatoms. The monoisotopic (exact) mass is 323 g/mol. The average Bonchev–Trinajstić information content (AvgIpc) is 3.23. The smallest absolute Gasteiger partial charge is 0.238 e. The molecule has 0 bridgehead atoms. The van der Waals surface area contributed by atoms with Crippen molar-refractivity contribution in [1.82, 2.24) is 16.0 Å². The third kappa shape index (κ3) is 3.40. The number of aliphatic hydroxyl groups excluding tert-OH is 1. The largest absolute Gasteiger partial charge is 0.389 e. The van der Waals surface area contributed by atoms with Crippen molar-refractivity contribution in [1.29, 1.82) is 0 Å². The Hall–Kier alpha value is -1.47. The number of fused-ring (bicyclic) bond motifs is 1. The lowest BCUT2D eigenvalue weighted by molar-refractivity contribution is -0.132. The van der Waals surface area contributed by atoms with Crippen molar-refractivity contribution in [3.63, 3.8) is 0 Å². The van der Waals surface area contributed by atoms with Crippen LogP contribution in [0.1, 0.15) is 32.1 Å². The number of carbonyl (C=O) groups excluding carboxylic acids is 3. The van der Waals surface area contributed by atoms with Gasteiger partial charge in [0.05, 0.1) is 12.1 Å². The molecule has 0 radical (unpaired) electrons. The Morgan fingerprint density at radius 3 is 2.83 bits per heavy atom. The van der Waals surface area contributed by atoms with Crippen molar-refractivity contribution in [3.05, 3.63) is 0 Å². The lowest BCUT2D eigenvalue weighted by Crippen LogP contribution is -2.51. The summed E-state index contributed by atoms with van der Waals surface area (Å²) in [5.41, 5.74) is 0. The van der Waals surface area contributed by atoms with E-state index in [0.29, 0.717) is 24.8 Å². The van der Waals surface area contributed by atoms with E-state index in [1.165, 1.54) is 0 Å². The van der Waals surface area contributed by atoms with E-state index in [9.17, 15) is 14.4 Å². The second kappa shape index (κ2) is 6.97. The van der Waals surface area contributed by atoms with Gasteiger partial charge in [-0.3, -0.25) is 14.4 Å². The first-order valence-electron chi connectivity index (χ1n) is 8.55. The third-order valence-electron chi connectivity index (χ3n) is 5.57. The van der Waals surface area contributed by atoms with Crippen LogP contribution in [0.3, 0.4) is 0 Å². The van der Waals surface area contributed by atoms with Gasteiger partial charge in [-0.15, -0.1) is 0 Å². The van der Waals surface area contributed by atoms with Crippen molar-refractivity contribution >= 4 is 17.6 Å². The Kier molecular flexibility index (Phi) is 4.96. The van der Waals surface area contributed by atoms with Crippen molar-refractivity contribution in [2.75, 3.05) is 19.7 Å². The van der Waals surface area contributed by atoms with E-state index in [2.05, 4.69) is 16.0 Å². The SMILES string of the molecule is O=C(CO)C(C[C@@H]1CCNC1=O)NC(=O)[C@H]1NC[C@@H]2CCC[C@@H]21. The van der Waals surface area contributed by atoms with Gasteiger partial charge in [0, 0.05) is 12.5 Å². The van der Waals surface area contributed by atoms with E-state index >= 15 is 0 Å². The van der Waals surface area contributed by atoms with Crippen LogP contribution < -0.4 is 16.0 Å². The Bertz CT molecular complexity index is 496. The predicted molar refractivity (Wildman–Crippen MR) is 82.4 cm³/mol. The molecule has 3 rings (SSSR count). The van der Waals surface area contributed by atoms with Crippen LogP contribution in [0.2, 0.25) is 0 Å². The van der Waals surface area contributed by atoms with Gasteiger partial charge in [-0.2, -0.15) is 0 Å². The number of hydrogen-bond donors (Lipinski definition) is 4. The van der Waals surface area contributed by atoms with Crippen molar-refractivity contribution < 1.29 is 19.5 Å². The van der Waals surface area contributed by atoms with Crippen LogP contribution in [-0.4, -0.2) is 54.5 Å². The van der Waals surface area contributed by atoms with Crippen molar-refractivity contribution in [2.24, 2.45) is 17.8 Å². The maximum absolute atomic E-state index is 12.6. The fraction of sp³-hybridized carbons (Fsp3) is 0.812. The summed E-state index contributed by atoms with van der Waals surface area (Å²) in [6, 6.07) is -1.04. The maximum Gasteiger partial charge on any atom is 0.238 e. The number of amides is 2. The molecule has 3 aliphatic rings. The number of carbonyl (C=O) groups is 3.